The lowest BCUT2D eigenvalue weighted by molar-refractivity contribution is -0.137. The van der Waals surface area contributed by atoms with Crippen LogP contribution in [-0.4, -0.2) is 28.3 Å². The fourth-order valence-corrected chi connectivity index (χ4v) is 4.09. The number of ketones is 1. The molecule has 0 aliphatic carbocycles. The van der Waals surface area contributed by atoms with Crippen LogP contribution in [0.1, 0.15) is 49.6 Å². The van der Waals surface area contributed by atoms with Crippen molar-refractivity contribution >= 4 is 17.1 Å². The van der Waals surface area contributed by atoms with Crippen LogP contribution in [0.5, 0.6) is 0 Å². The smallest absolute Gasteiger partial charge is 0.300 e. The highest BCUT2D eigenvalue weighted by Gasteiger charge is 2.32. The number of halogens is 4. The maximum atomic E-state index is 13.9. The molecule has 0 amide bonds. The van der Waals surface area contributed by atoms with Gasteiger partial charge in [-0.05, 0) is 51.9 Å². The van der Waals surface area contributed by atoms with Crippen LogP contribution < -0.4 is 0 Å². The zero-order chi connectivity index (χ0) is 21.1. The number of benzene rings is 1. The molecular formula is C20H24F4N2OS. The number of carbonyl (C=O) groups excluding carboxylic acids is 1. The summed E-state index contributed by atoms with van der Waals surface area (Å²) in [5.74, 6) is -1.05. The van der Waals surface area contributed by atoms with Crippen molar-refractivity contribution in [1.29, 1.82) is 0 Å². The van der Waals surface area contributed by atoms with Crippen molar-refractivity contribution in [3.05, 3.63) is 39.5 Å². The summed E-state index contributed by atoms with van der Waals surface area (Å²) in [5, 5.41) is 0.524. The van der Waals surface area contributed by atoms with E-state index in [1.165, 1.54) is 18.3 Å². The minimum Gasteiger partial charge on any atom is -0.300 e. The molecule has 8 heteroatoms. The van der Waals surface area contributed by atoms with E-state index < -0.39 is 17.6 Å². The Morgan fingerprint density at radius 1 is 1.25 bits per heavy atom. The average Bonchev–Trinajstić information content (AvgIpc) is 2.94. The topological polar surface area (TPSA) is 33.2 Å². The monoisotopic (exact) mass is 416 g/mol. The van der Waals surface area contributed by atoms with Crippen molar-refractivity contribution in [2.45, 2.75) is 59.3 Å². The maximum Gasteiger partial charge on any atom is 0.416 e. The largest absolute Gasteiger partial charge is 0.416 e. The zero-order valence-corrected chi connectivity index (χ0v) is 17.2. The summed E-state index contributed by atoms with van der Waals surface area (Å²) in [4.78, 5) is 18.8. The molecule has 0 saturated heterocycles. The van der Waals surface area contributed by atoms with Crippen LogP contribution in [0.25, 0.3) is 11.3 Å². The summed E-state index contributed by atoms with van der Waals surface area (Å²) in [6, 6.07) is 2.68. The van der Waals surface area contributed by atoms with Crippen LogP contribution in [0.2, 0.25) is 0 Å². The predicted molar refractivity (Wildman–Crippen MR) is 103 cm³/mol. The molecule has 0 aliphatic rings. The summed E-state index contributed by atoms with van der Waals surface area (Å²) in [7, 11) is 0. The first kappa shape index (κ1) is 22.5. The fraction of sp³-hybridized carbons (Fsp3) is 0.500. The number of hydrogen-bond donors (Lipinski definition) is 0. The van der Waals surface area contributed by atoms with Crippen LogP contribution >= 0.6 is 11.3 Å². The lowest BCUT2D eigenvalue weighted by Crippen LogP contribution is -2.30. The number of Topliss-reactive ketones (excluding diaryl/α,β-unsaturated/α-hetero) is 1. The highest BCUT2D eigenvalue weighted by Crippen LogP contribution is 2.36. The molecule has 0 fully saturated rings. The highest BCUT2D eigenvalue weighted by molar-refractivity contribution is 7.12. The normalized spacial score (nSPS) is 12.2. The van der Waals surface area contributed by atoms with E-state index in [1.54, 1.807) is 0 Å². The summed E-state index contributed by atoms with van der Waals surface area (Å²) < 4.78 is 53.3. The number of alkyl halides is 3. The molecule has 0 atom stereocenters. The van der Waals surface area contributed by atoms with Gasteiger partial charge in [0.2, 0.25) is 0 Å². The van der Waals surface area contributed by atoms with E-state index in [4.69, 9.17) is 0 Å². The van der Waals surface area contributed by atoms with E-state index >= 15 is 0 Å². The molecule has 28 heavy (non-hydrogen) atoms. The number of thiazole rings is 1. The van der Waals surface area contributed by atoms with Gasteiger partial charge in [0, 0.05) is 23.0 Å². The van der Waals surface area contributed by atoms with E-state index in [-0.39, 0.29) is 23.8 Å². The van der Waals surface area contributed by atoms with Gasteiger partial charge in [-0.3, -0.25) is 9.69 Å². The summed E-state index contributed by atoms with van der Waals surface area (Å²) in [6.45, 7) is 8.85. The summed E-state index contributed by atoms with van der Waals surface area (Å²) >= 11 is 1.30. The lowest BCUT2D eigenvalue weighted by atomic mass is 10.1. The van der Waals surface area contributed by atoms with Gasteiger partial charge in [-0.15, -0.1) is 11.3 Å². The minimum atomic E-state index is -4.65. The number of rotatable bonds is 8. The Morgan fingerprint density at radius 2 is 1.93 bits per heavy atom. The van der Waals surface area contributed by atoms with E-state index in [0.717, 1.165) is 30.0 Å². The van der Waals surface area contributed by atoms with Gasteiger partial charge >= 0.3 is 6.18 Å². The Labute approximate surface area is 166 Å². The predicted octanol–water partition coefficient (Wildman–Crippen LogP) is 5.72. The Morgan fingerprint density at radius 3 is 2.46 bits per heavy atom. The quantitative estimate of drug-likeness (QED) is 0.516. The molecule has 0 saturated carbocycles. The molecule has 1 aromatic heterocycles. The standard InChI is InChI=1S/C20H24F4N2OS/c1-5-6-26(12(2)3)11-17-19(25-18(28-17)7-13(4)27)14-8-15(20(22,23)24)10-16(21)9-14/h8-10,12H,5-7,11H2,1-4H3. The van der Waals surface area contributed by atoms with Crippen LogP contribution in [0, 0.1) is 5.82 Å². The average molecular weight is 416 g/mol. The molecule has 0 spiro atoms. The van der Waals surface area contributed by atoms with Gasteiger partial charge < -0.3 is 0 Å². The Kier molecular flexibility index (Phi) is 7.33. The van der Waals surface area contributed by atoms with Gasteiger partial charge in [-0.25, -0.2) is 9.37 Å². The first-order valence-corrected chi connectivity index (χ1v) is 9.93. The molecule has 0 radical (unpaired) electrons. The fourth-order valence-electron chi connectivity index (χ4n) is 2.90. The zero-order valence-electron chi connectivity index (χ0n) is 16.4. The van der Waals surface area contributed by atoms with Crippen molar-refractivity contribution in [2.24, 2.45) is 0 Å². The van der Waals surface area contributed by atoms with Gasteiger partial charge in [-0.1, -0.05) is 6.92 Å². The first-order valence-electron chi connectivity index (χ1n) is 9.11. The molecule has 154 valence electrons. The van der Waals surface area contributed by atoms with E-state index in [1.807, 2.05) is 20.8 Å². The van der Waals surface area contributed by atoms with Crippen molar-refractivity contribution in [3.8, 4) is 11.3 Å². The highest BCUT2D eigenvalue weighted by atomic mass is 32.1. The third-order valence-corrected chi connectivity index (χ3v) is 5.27. The van der Waals surface area contributed by atoms with Crippen LogP contribution in [-0.2, 0) is 23.9 Å². The molecule has 0 unspecified atom stereocenters. The van der Waals surface area contributed by atoms with Gasteiger partial charge in [0.1, 0.15) is 16.6 Å². The van der Waals surface area contributed by atoms with Crippen LogP contribution in [0.3, 0.4) is 0 Å². The molecule has 1 heterocycles. The summed E-state index contributed by atoms with van der Waals surface area (Å²) in [6.07, 6.45) is -3.62. The Bertz CT molecular complexity index is 830. The van der Waals surface area contributed by atoms with Gasteiger partial charge in [0.15, 0.2) is 0 Å². The van der Waals surface area contributed by atoms with Gasteiger partial charge in [0.05, 0.1) is 17.7 Å². The SMILES string of the molecule is CCCN(Cc1sc(CC(C)=O)nc1-c1cc(F)cc(C(F)(F)F)c1)C(C)C. The molecule has 0 aliphatic heterocycles. The van der Waals surface area contributed by atoms with Gasteiger partial charge in [-0.2, -0.15) is 13.2 Å². The van der Waals surface area contributed by atoms with Crippen molar-refractivity contribution in [1.82, 2.24) is 9.88 Å². The third-order valence-electron chi connectivity index (χ3n) is 4.23. The van der Waals surface area contributed by atoms with Gasteiger partial charge in [0.25, 0.3) is 0 Å². The van der Waals surface area contributed by atoms with Crippen molar-refractivity contribution in [2.75, 3.05) is 6.54 Å². The second kappa shape index (κ2) is 9.13. The van der Waals surface area contributed by atoms with E-state index in [9.17, 15) is 22.4 Å². The minimum absolute atomic E-state index is 0.0774. The first-order chi connectivity index (χ1) is 13.0. The van der Waals surface area contributed by atoms with E-state index in [2.05, 4.69) is 9.88 Å². The third kappa shape index (κ3) is 5.85. The molecular weight excluding hydrogens is 392 g/mol. The molecule has 3 nitrogen and oxygen atoms in total. The second-order valence-corrected chi connectivity index (χ2v) is 8.22. The molecule has 0 bridgehead atoms. The maximum absolute atomic E-state index is 13.9. The van der Waals surface area contributed by atoms with Crippen LogP contribution in [0.15, 0.2) is 18.2 Å². The number of nitrogens with zero attached hydrogens (tertiary/aromatic N) is 2. The van der Waals surface area contributed by atoms with Crippen molar-refractivity contribution < 1.29 is 22.4 Å². The number of hydrogen-bond acceptors (Lipinski definition) is 4. The molecule has 2 rings (SSSR count). The number of carbonyl (C=O) groups is 1. The van der Waals surface area contributed by atoms with Crippen LogP contribution in [0.4, 0.5) is 17.6 Å². The summed E-state index contributed by atoms with van der Waals surface area (Å²) in [5.41, 5.74) is -0.662. The molecule has 2 aromatic rings. The molecule has 0 N–H and O–H groups in total. The Balaban J connectivity index is 2.54. The second-order valence-electron chi connectivity index (χ2n) is 7.05. The van der Waals surface area contributed by atoms with Crippen molar-refractivity contribution in [3.63, 3.8) is 0 Å². The Hall–Kier alpha value is -1.80. The molecule has 1 aromatic carbocycles. The lowest BCUT2D eigenvalue weighted by Gasteiger charge is -2.25. The number of aromatic nitrogens is 1. The van der Waals surface area contributed by atoms with E-state index in [0.29, 0.717) is 23.3 Å².